The van der Waals surface area contributed by atoms with Crippen LogP contribution in [0.5, 0.6) is 0 Å². The molecule has 100 valence electrons. The molecule has 1 aliphatic carbocycles. The highest BCUT2D eigenvalue weighted by Gasteiger charge is 2.49. The maximum atomic E-state index is 12.2. The number of nitrogens with zero attached hydrogens (tertiary/aromatic N) is 1. The standard InChI is InChI=1S/C13H19NO4/c1-13(2,6-5-10(15)16)14-11(17)8-3-4-9(7-8)12(14)18/h8-9H,3-7H2,1-2H3,(H,15,16). The van der Waals surface area contributed by atoms with E-state index in [2.05, 4.69) is 0 Å². The van der Waals surface area contributed by atoms with Crippen LogP contribution in [-0.4, -0.2) is 33.3 Å². The van der Waals surface area contributed by atoms with Crippen molar-refractivity contribution in [3.8, 4) is 0 Å². The fourth-order valence-electron chi connectivity index (χ4n) is 3.03. The van der Waals surface area contributed by atoms with Gasteiger partial charge in [-0.1, -0.05) is 0 Å². The molecule has 18 heavy (non-hydrogen) atoms. The smallest absolute Gasteiger partial charge is 0.303 e. The third kappa shape index (κ3) is 2.13. The Morgan fingerprint density at radius 2 is 1.78 bits per heavy atom. The van der Waals surface area contributed by atoms with E-state index in [1.54, 1.807) is 13.8 Å². The van der Waals surface area contributed by atoms with Gasteiger partial charge in [-0.25, -0.2) is 0 Å². The van der Waals surface area contributed by atoms with Crippen LogP contribution in [0.4, 0.5) is 0 Å². The Morgan fingerprint density at radius 1 is 1.28 bits per heavy atom. The third-order valence-electron chi connectivity index (χ3n) is 4.13. The van der Waals surface area contributed by atoms with Crippen molar-refractivity contribution >= 4 is 17.8 Å². The Hall–Kier alpha value is -1.39. The number of likely N-dealkylation sites (tertiary alicyclic amines) is 1. The van der Waals surface area contributed by atoms with Gasteiger partial charge < -0.3 is 5.11 Å². The number of fused-ring (bicyclic) bond motifs is 2. The minimum Gasteiger partial charge on any atom is -0.481 e. The van der Waals surface area contributed by atoms with E-state index in [0.29, 0.717) is 12.8 Å². The van der Waals surface area contributed by atoms with Crippen molar-refractivity contribution in [2.45, 2.75) is 51.5 Å². The third-order valence-corrected chi connectivity index (χ3v) is 4.13. The first-order valence-electron chi connectivity index (χ1n) is 6.42. The normalized spacial score (nSPS) is 27.8. The molecule has 1 heterocycles. The Labute approximate surface area is 106 Å². The van der Waals surface area contributed by atoms with Crippen LogP contribution >= 0.6 is 0 Å². The molecule has 1 saturated carbocycles. The summed E-state index contributed by atoms with van der Waals surface area (Å²) >= 11 is 0. The molecule has 0 aromatic rings. The highest BCUT2D eigenvalue weighted by atomic mass is 16.4. The first-order valence-corrected chi connectivity index (χ1v) is 6.42. The molecule has 2 aliphatic rings. The van der Waals surface area contributed by atoms with E-state index in [0.717, 1.165) is 12.8 Å². The lowest BCUT2D eigenvalue weighted by atomic mass is 9.88. The predicted octanol–water partition coefficient (Wildman–Crippen LogP) is 1.41. The van der Waals surface area contributed by atoms with E-state index >= 15 is 0 Å². The summed E-state index contributed by atoms with van der Waals surface area (Å²) in [6.07, 6.45) is 2.54. The molecule has 2 rings (SSSR count). The summed E-state index contributed by atoms with van der Waals surface area (Å²) in [6, 6.07) is 0. The molecule has 2 atom stereocenters. The van der Waals surface area contributed by atoms with Gasteiger partial charge in [0.05, 0.1) is 0 Å². The number of aliphatic carboxylic acids is 1. The molecule has 1 aliphatic heterocycles. The Balaban J connectivity index is 2.17. The molecular formula is C13H19NO4. The van der Waals surface area contributed by atoms with Gasteiger partial charge >= 0.3 is 5.97 Å². The summed E-state index contributed by atoms with van der Waals surface area (Å²) in [4.78, 5) is 36.5. The quantitative estimate of drug-likeness (QED) is 0.769. The number of carbonyl (C=O) groups is 3. The van der Waals surface area contributed by atoms with E-state index in [-0.39, 0.29) is 30.1 Å². The van der Waals surface area contributed by atoms with Crippen molar-refractivity contribution in [2.24, 2.45) is 11.8 Å². The lowest BCUT2D eigenvalue weighted by Crippen LogP contribution is -2.56. The number of rotatable bonds is 4. The van der Waals surface area contributed by atoms with Crippen LogP contribution in [0.3, 0.4) is 0 Å². The Morgan fingerprint density at radius 3 is 2.22 bits per heavy atom. The molecule has 2 unspecified atom stereocenters. The number of carboxylic acids is 1. The minimum absolute atomic E-state index is 0.0284. The van der Waals surface area contributed by atoms with Gasteiger partial charge in [0.2, 0.25) is 11.8 Å². The largest absolute Gasteiger partial charge is 0.481 e. The molecule has 0 aromatic heterocycles. The zero-order valence-corrected chi connectivity index (χ0v) is 10.8. The highest BCUT2D eigenvalue weighted by Crippen LogP contribution is 2.41. The van der Waals surface area contributed by atoms with Gasteiger partial charge in [-0.05, 0) is 39.5 Å². The molecule has 1 N–H and O–H groups in total. The number of hydrogen-bond acceptors (Lipinski definition) is 3. The molecule has 5 heteroatoms. The molecule has 2 amide bonds. The van der Waals surface area contributed by atoms with Crippen LogP contribution in [0.2, 0.25) is 0 Å². The maximum Gasteiger partial charge on any atom is 0.303 e. The summed E-state index contributed by atoms with van der Waals surface area (Å²) < 4.78 is 0. The summed E-state index contributed by atoms with van der Waals surface area (Å²) in [5.41, 5.74) is -0.701. The van der Waals surface area contributed by atoms with Gasteiger partial charge in [0.1, 0.15) is 0 Å². The van der Waals surface area contributed by atoms with Gasteiger partial charge in [0, 0.05) is 23.8 Å². The average molecular weight is 253 g/mol. The molecule has 2 bridgehead atoms. The second-order valence-corrected chi connectivity index (χ2v) is 5.92. The summed E-state index contributed by atoms with van der Waals surface area (Å²) in [7, 11) is 0. The van der Waals surface area contributed by atoms with E-state index in [1.165, 1.54) is 4.90 Å². The number of carbonyl (C=O) groups excluding carboxylic acids is 2. The average Bonchev–Trinajstić information content (AvgIpc) is 2.70. The van der Waals surface area contributed by atoms with Gasteiger partial charge in [-0.2, -0.15) is 0 Å². The topological polar surface area (TPSA) is 74.7 Å². The monoisotopic (exact) mass is 253 g/mol. The minimum atomic E-state index is -0.900. The summed E-state index contributed by atoms with van der Waals surface area (Å²) in [5.74, 6) is -1.18. The summed E-state index contributed by atoms with van der Waals surface area (Å²) in [6.45, 7) is 3.55. The zero-order valence-electron chi connectivity index (χ0n) is 10.8. The van der Waals surface area contributed by atoms with Crippen molar-refractivity contribution in [3.63, 3.8) is 0 Å². The number of imide groups is 1. The molecule has 0 aromatic carbocycles. The van der Waals surface area contributed by atoms with Crippen molar-refractivity contribution in [2.75, 3.05) is 0 Å². The Bertz CT molecular complexity index is 380. The first kappa shape index (κ1) is 13.1. The fraction of sp³-hybridized carbons (Fsp3) is 0.769. The summed E-state index contributed by atoms with van der Waals surface area (Å²) in [5, 5.41) is 8.73. The highest BCUT2D eigenvalue weighted by molar-refractivity contribution is 6.01. The van der Waals surface area contributed by atoms with Crippen LogP contribution in [0, 0.1) is 11.8 Å². The van der Waals surface area contributed by atoms with Crippen LogP contribution in [-0.2, 0) is 14.4 Å². The van der Waals surface area contributed by atoms with Crippen LogP contribution in [0.25, 0.3) is 0 Å². The Kier molecular flexibility index (Phi) is 3.17. The van der Waals surface area contributed by atoms with E-state index in [4.69, 9.17) is 5.11 Å². The number of amides is 2. The van der Waals surface area contributed by atoms with Crippen molar-refractivity contribution in [1.29, 1.82) is 0 Å². The second-order valence-electron chi connectivity index (χ2n) is 5.92. The lowest BCUT2D eigenvalue weighted by Gasteiger charge is -2.41. The predicted molar refractivity (Wildman–Crippen MR) is 63.6 cm³/mol. The van der Waals surface area contributed by atoms with E-state index < -0.39 is 11.5 Å². The molecule has 0 spiro atoms. The van der Waals surface area contributed by atoms with Crippen LogP contribution in [0.1, 0.15) is 46.0 Å². The van der Waals surface area contributed by atoms with Gasteiger partial charge in [0.15, 0.2) is 0 Å². The van der Waals surface area contributed by atoms with Gasteiger partial charge in [-0.15, -0.1) is 0 Å². The first-order chi connectivity index (χ1) is 8.33. The lowest BCUT2D eigenvalue weighted by molar-refractivity contribution is -0.160. The molecule has 5 nitrogen and oxygen atoms in total. The number of carboxylic acid groups (broad SMARTS) is 1. The van der Waals surface area contributed by atoms with Gasteiger partial charge in [-0.3, -0.25) is 19.3 Å². The van der Waals surface area contributed by atoms with Crippen molar-refractivity contribution < 1.29 is 19.5 Å². The fourth-order valence-corrected chi connectivity index (χ4v) is 3.03. The van der Waals surface area contributed by atoms with E-state index in [9.17, 15) is 14.4 Å². The van der Waals surface area contributed by atoms with Crippen LogP contribution < -0.4 is 0 Å². The molecule has 1 saturated heterocycles. The van der Waals surface area contributed by atoms with Crippen molar-refractivity contribution in [1.82, 2.24) is 4.90 Å². The molecular weight excluding hydrogens is 234 g/mol. The SMILES string of the molecule is CC(C)(CCC(=O)O)N1C(=O)C2CCC(C2)C1=O. The van der Waals surface area contributed by atoms with Crippen molar-refractivity contribution in [3.05, 3.63) is 0 Å². The molecule has 2 fully saturated rings. The van der Waals surface area contributed by atoms with Gasteiger partial charge in [0.25, 0.3) is 0 Å². The number of hydrogen-bond donors (Lipinski definition) is 1. The van der Waals surface area contributed by atoms with E-state index in [1.807, 2.05) is 0 Å². The molecule has 0 radical (unpaired) electrons. The maximum absolute atomic E-state index is 12.2. The second kappa shape index (κ2) is 4.37. The number of piperidine rings is 1. The zero-order chi connectivity index (χ0) is 13.5. The van der Waals surface area contributed by atoms with Crippen LogP contribution in [0.15, 0.2) is 0 Å².